The molecule has 186 valence electrons. The molecule has 0 bridgehead atoms. The summed E-state index contributed by atoms with van der Waals surface area (Å²) in [5.74, 6) is 0.814. The van der Waals surface area contributed by atoms with Crippen molar-refractivity contribution < 1.29 is 27.5 Å². The molecule has 1 atom stereocenters. The van der Waals surface area contributed by atoms with Crippen molar-refractivity contribution in [3.63, 3.8) is 0 Å². The standard InChI is InChI=1S/C25H29N3O6S/c1-2-24(29)27-20-5-3-4-14-28(16-20)35(31,32)21-9-7-19(8-10-21)25(30)26-13-12-18-6-11-22-23(15-18)34-17-33-22/h2,6-11,15,20H,1,3-5,12-14,16-17H2,(H,26,30)(H,27,29). The summed E-state index contributed by atoms with van der Waals surface area (Å²) in [6.07, 6.45) is 4.04. The molecule has 2 aromatic carbocycles. The predicted molar refractivity (Wildman–Crippen MR) is 130 cm³/mol. The Bertz CT molecular complexity index is 1200. The van der Waals surface area contributed by atoms with Crippen molar-refractivity contribution >= 4 is 21.8 Å². The Hall–Kier alpha value is -3.37. The largest absolute Gasteiger partial charge is 0.454 e. The van der Waals surface area contributed by atoms with Crippen LogP contribution in [-0.2, 0) is 21.2 Å². The maximum absolute atomic E-state index is 13.2. The van der Waals surface area contributed by atoms with Crippen LogP contribution in [-0.4, -0.2) is 57.0 Å². The number of benzene rings is 2. The minimum atomic E-state index is -3.76. The SMILES string of the molecule is C=CC(=O)NC1CCCCN(S(=O)(=O)c2ccc(C(=O)NCCc3ccc4c(c3)OCO4)cc2)C1. The van der Waals surface area contributed by atoms with Crippen LogP contribution in [0.2, 0.25) is 0 Å². The summed E-state index contributed by atoms with van der Waals surface area (Å²) in [5, 5.41) is 5.66. The van der Waals surface area contributed by atoms with E-state index in [0.29, 0.717) is 49.4 Å². The maximum Gasteiger partial charge on any atom is 0.251 e. The second-order valence-electron chi connectivity index (χ2n) is 8.49. The van der Waals surface area contributed by atoms with Gasteiger partial charge < -0.3 is 20.1 Å². The first-order chi connectivity index (χ1) is 16.9. The second kappa shape index (κ2) is 10.9. The number of amides is 2. The van der Waals surface area contributed by atoms with Gasteiger partial charge in [-0.3, -0.25) is 9.59 Å². The molecular weight excluding hydrogens is 470 g/mol. The van der Waals surface area contributed by atoms with E-state index in [-0.39, 0.29) is 36.1 Å². The van der Waals surface area contributed by atoms with Gasteiger partial charge in [0.25, 0.3) is 5.91 Å². The molecule has 10 heteroatoms. The number of hydrogen-bond donors (Lipinski definition) is 2. The lowest BCUT2D eigenvalue weighted by atomic mass is 10.1. The van der Waals surface area contributed by atoms with Gasteiger partial charge in [-0.15, -0.1) is 0 Å². The fourth-order valence-electron chi connectivity index (χ4n) is 4.15. The van der Waals surface area contributed by atoms with Crippen LogP contribution >= 0.6 is 0 Å². The van der Waals surface area contributed by atoms with Crippen molar-refractivity contribution in [3.8, 4) is 11.5 Å². The molecule has 0 saturated carbocycles. The molecule has 35 heavy (non-hydrogen) atoms. The molecule has 1 saturated heterocycles. The summed E-state index contributed by atoms with van der Waals surface area (Å²) in [5.41, 5.74) is 1.39. The number of nitrogens with zero attached hydrogens (tertiary/aromatic N) is 1. The molecule has 2 aromatic rings. The molecule has 0 aromatic heterocycles. The van der Waals surface area contributed by atoms with Crippen molar-refractivity contribution in [2.75, 3.05) is 26.4 Å². The maximum atomic E-state index is 13.2. The van der Waals surface area contributed by atoms with Crippen LogP contribution in [0.1, 0.15) is 35.2 Å². The molecule has 2 amide bonds. The lowest BCUT2D eigenvalue weighted by Gasteiger charge is -2.24. The zero-order chi connectivity index (χ0) is 24.8. The van der Waals surface area contributed by atoms with E-state index < -0.39 is 10.0 Å². The topological polar surface area (TPSA) is 114 Å². The number of ether oxygens (including phenoxy) is 2. The highest BCUT2D eigenvalue weighted by atomic mass is 32.2. The molecule has 2 aliphatic rings. The van der Waals surface area contributed by atoms with E-state index in [4.69, 9.17) is 9.47 Å². The summed E-state index contributed by atoms with van der Waals surface area (Å²) in [6.45, 7) is 4.66. The van der Waals surface area contributed by atoms with Crippen molar-refractivity contribution in [1.29, 1.82) is 0 Å². The van der Waals surface area contributed by atoms with E-state index in [1.54, 1.807) is 0 Å². The predicted octanol–water partition coefficient (Wildman–Crippen LogP) is 2.23. The van der Waals surface area contributed by atoms with Gasteiger partial charge in [-0.05, 0) is 67.3 Å². The van der Waals surface area contributed by atoms with Crippen LogP contribution in [0.3, 0.4) is 0 Å². The summed E-state index contributed by atoms with van der Waals surface area (Å²) in [7, 11) is -3.76. The molecule has 0 radical (unpaired) electrons. The van der Waals surface area contributed by atoms with Crippen LogP contribution < -0.4 is 20.1 Å². The molecule has 4 rings (SSSR count). The Labute approximate surface area is 205 Å². The van der Waals surface area contributed by atoms with E-state index in [9.17, 15) is 18.0 Å². The molecule has 2 heterocycles. The van der Waals surface area contributed by atoms with Crippen molar-refractivity contribution in [2.45, 2.75) is 36.6 Å². The summed E-state index contributed by atoms with van der Waals surface area (Å²) in [6, 6.07) is 11.3. The quantitative estimate of drug-likeness (QED) is 0.539. The molecule has 1 fully saturated rings. The van der Waals surface area contributed by atoms with E-state index in [0.717, 1.165) is 12.0 Å². The van der Waals surface area contributed by atoms with Gasteiger partial charge in [0.2, 0.25) is 22.7 Å². The monoisotopic (exact) mass is 499 g/mol. The minimum absolute atomic E-state index is 0.116. The Morgan fingerprint density at radius 1 is 1.09 bits per heavy atom. The molecular formula is C25H29N3O6S. The lowest BCUT2D eigenvalue weighted by Crippen LogP contribution is -2.44. The van der Waals surface area contributed by atoms with Crippen molar-refractivity contribution in [3.05, 3.63) is 66.2 Å². The number of carbonyl (C=O) groups is 2. The Kier molecular flexibility index (Phi) is 7.72. The Morgan fingerprint density at radius 3 is 2.63 bits per heavy atom. The van der Waals surface area contributed by atoms with Crippen LogP contribution in [0.5, 0.6) is 11.5 Å². The van der Waals surface area contributed by atoms with E-state index >= 15 is 0 Å². The number of rotatable bonds is 8. The molecule has 9 nitrogen and oxygen atoms in total. The van der Waals surface area contributed by atoms with Gasteiger partial charge in [0.1, 0.15) is 0 Å². The highest BCUT2D eigenvalue weighted by Gasteiger charge is 2.29. The number of hydrogen-bond acceptors (Lipinski definition) is 6. The number of carbonyl (C=O) groups excluding carboxylic acids is 2. The molecule has 0 spiro atoms. The highest BCUT2D eigenvalue weighted by Crippen LogP contribution is 2.32. The van der Waals surface area contributed by atoms with Gasteiger partial charge in [-0.1, -0.05) is 19.1 Å². The van der Waals surface area contributed by atoms with Gasteiger partial charge in [-0.2, -0.15) is 4.31 Å². The first kappa shape index (κ1) is 24.7. The number of fused-ring (bicyclic) bond motifs is 1. The van der Waals surface area contributed by atoms with E-state index in [1.165, 1.54) is 34.6 Å². The zero-order valence-electron chi connectivity index (χ0n) is 19.4. The fraction of sp³-hybridized carbons (Fsp3) is 0.360. The lowest BCUT2D eigenvalue weighted by molar-refractivity contribution is -0.117. The average Bonchev–Trinajstić information content (AvgIpc) is 3.20. The summed E-state index contributed by atoms with van der Waals surface area (Å²) in [4.78, 5) is 24.3. The van der Waals surface area contributed by atoms with Crippen molar-refractivity contribution in [2.24, 2.45) is 0 Å². The van der Waals surface area contributed by atoms with Gasteiger partial charge in [0.05, 0.1) is 4.90 Å². The van der Waals surface area contributed by atoms with E-state index in [1.807, 2.05) is 18.2 Å². The number of nitrogens with one attached hydrogen (secondary N) is 2. The third kappa shape index (κ3) is 6.01. The zero-order valence-corrected chi connectivity index (χ0v) is 20.2. The van der Waals surface area contributed by atoms with Crippen LogP contribution in [0.25, 0.3) is 0 Å². The third-order valence-corrected chi connectivity index (χ3v) is 7.94. The first-order valence-corrected chi connectivity index (χ1v) is 13.0. The number of sulfonamides is 1. The van der Waals surface area contributed by atoms with Crippen molar-refractivity contribution in [1.82, 2.24) is 14.9 Å². The van der Waals surface area contributed by atoms with Gasteiger partial charge in [-0.25, -0.2) is 8.42 Å². The van der Waals surface area contributed by atoms with Gasteiger partial charge >= 0.3 is 0 Å². The second-order valence-corrected chi connectivity index (χ2v) is 10.4. The van der Waals surface area contributed by atoms with Gasteiger partial charge in [0.15, 0.2) is 11.5 Å². The average molecular weight is 500 g/mol. The van der Waals surface area contributed by atoms with Crippen LogP contribution in [0, 0.1) is 0 Å². The fourth-order valence-corrected chi connectivity index (χ4v) is 5.67. The van der Waals surface area contributed by atoms with E-state index in [2.05, 4.69) is 17.2 Å². The molecule has 2 aliphatic heterocycles. The third-order valence-electron chi connectivity index (χ3n) is 6.06. The first-order valence-electron chi connectivity index (χ1n) is 11.6. The summed E-state index contributed by atoms with van der Waals surface area (Å²) >= 11 is 0. The normalized spacial score (nSPS) is 17.9. The highest BCUT2D eigenvalue weighted by molar-refractivity contribution is 7.89. The van der Waals surface area contributed by atoms with Crippen LogP contribution in [0.4, 0.5) is 0 Å². The van der Waals surface area contributed by atoms with Crippen LogP contribution in [0.15, 0.2) is 60.0 Å². The Morgan fingerprint density at radius 2 is 1.86 bits per heavy atom. The smallest absolute Gasteiger partial charge is 0.251 e. The Balaban J connectivity index is 1.34. The van der Waals surface area contributed by atoms with Gasteiger partial charge in [0, 0.05) is 31.2 Å². The summed E-state index contributed by atoms with van der Waals surface area (Å²) < 4.78 is 38.5. The minimum Gasteiger partial charge on any atom is -0.454 e. The molecule has 1 unspecified atom stereocenters. The molecule has 2 N–H and O–H groups in total. The molecule has 0 aliphatic carbocycles.